The van der Waals surface area contributed by atoms with E-state index in [-0.39, 0.29) is 11.8 Å². The van der Waals surface area contributed by atoms with Crippen LogP contribution < -0.4 is 10.7 Å². The summed E-state index contributed by atoms with van der Waals surface area (Å²) in [7, 11) is 0. The van der Waals surface area contributed by atoms with Gasteiger partial charge in [0.2, 0.25) is 5.91 Å². The van der Waals surface area contributed by atoms with Crippen molar-refractivity contribution in [3.63, 3.8) is 0 Å². The summed E-state index contributed by atoms with van der Waals surface area (Å²) in [5.41, 5.74) is 5.74. The van der Waals surface area contributed by atoms with Crippen molar-refractivity contribution in [3.8, 4) is 0 Å². The third-order valence-electron chi connectivity index (χ3n) is 3.56. The van der Waals surface area contributed by atoms with Crippen molar-refractivity contribution in [3.05, 3.63) is 65.5 Å². The van der Waals surface area contributed by atoms with Gasteiger partial charge in [-0.1, -0.05) is 18.2 Å². The summed E-state index contributed by atoms with van der Waals surface area (Å²) in [5.74, 6) is -0.209. The lowest BCUT2D eigenvalue weighted by Gasteiger charge is -2.12. The molecule has 1 aromatic carbocycles. The molecule has 0 saturated carbocycles. The summed E-state index contributed by atoms with van der Waals surface area (Å²) < 4.78 is 0. The molecule has 23 heavy (non-hydrogen) atoms. The first-order valence-corrected chi connectivity index (χ1v) is 7.35. The van der Waals surface area contributed by atoms with E-state index in [9.17, 15) is 9.59 Å². The Morgan fingerprint density at radius 2 is 2.00 bits per heavy atom. The number of amides is 2. The molecule has 2 N–H and O–H groups in total. The second-order valence-electron chi connectivity index (χ2n) is 5.21. The molecule has 2 aromatic rings. The first-order chi connectivity index (χ1) is 11.2. The highest BCUT2D eigenvalue weighted by Gasteiger charge is 2.13. The molecule has 1 aromatic heterocycles. The van der Waals surface area contributed by atoms with Gasteiger partial charge in [-0.05, 0) is 29.3 Å². The number of nitrogens with zero attached hydrogens (tertiary/aromatic N) is 2. The molecule has 6 heteroatoms. The number of benzene rings is 1. The maximum atomic E-state index is 12.1. The molecular formula is C17H16N4O2. The minimum Gasteiger partial charge on any atom is -0.348 e. The number of nitrogens with one attached hydrogen (secondary N) is 2. The van der Waals surface area contributed by atoms with Gasteiger partial charge in [-0.25, -0.2) is 5.43 Å². The molecule has 0 bridgehead atoms. The molecule has 1 aliphatic heterocycles. The molecule has 2 amide bonds. The standard InChI is InChI=1S/C17H16N4O2/c22-16-8-7-15(20-21-16)13-3-5-14(6-4-13)17(23)19-11-12-2-1-9-18-10-12/h1-6,9-10H,7-8,11H2,(H,19,23)(H,21,22). The van der Waals surface area contributed by atoms with Crippen LogP contribution in [0.25, 0.3) is 0 Å². The lowest BCUT2D eigenvalue weighted by Crippen LogP contribution is -2.26. The zero-order valence-corrected chi connectivity index (χ0v) is 12.5. The van der Waals surface area contributed by atoms with E-state index in [0.29, 0.717) is 24.9 Å². The van der Waals surface area contributed by atoms with Gasteiger partial charge in [0.15, 0.2) is 0 Å². The topological polar surface area (TPSA) is 83.5 Å². The van der Waals surface area contributed by atoms with Crippen LogP contribution in [0.1, 0.15) is 34.3 Å². The molecule has 0 fully saturated rings. The van der Waals surface area contributed by atoms with Crippen molar-refractivity contribution < 1.29 is 9.59 Å². The number of carbonyl (C=O) groups is 2. The summed E-state index contributed by atoms with van der Waals surface area (Å²) >= 11 is 0. The van der Waals surface area contributed by atoms with Crippen LogP contribution in [0.4, 0.5) is 0 Å². The number of hydrogen-bond donors (Lipinski definition) is 2. The van der Waals surface area contributed by atoms with E-state index < -0.39 is 0 Å². The SMILES string of the molecule is O=C1CCC(c2ccc(C(=O)NCc3cccnc3)cc2)=NN1. The van der Waals surface area contributed by atoms with Crippen molar-refractivity contribution in [1.82, 2.24) is 15.7 Å². The number of hydrogen-bond acceptors (Lipinski definition) is 4. The fourth-order valence-corrected chi connectivity index (χ4v) is 2.28. The van der Waals surface area contributed by atoms with E-state index in [4.69, 9.17) is 0 Å². The van der Waals surface area contributed by atoms with Crippen LogP contribution in [0, 0.1) is 0 Å². The van der Waals surface area contributed by atoms with Crippen LogP contribution in [0.2, 0.25) is 0 Å². The van der Waals surface area contributed by atoms with E-state index >= 15 is 0 Å². The Morgan fingerprint density at radius 3 is 2.65 bits per heavy atom. The molecule has 1 aliphatic rings. The Labute approximate surface area is 133 Å². The molecule has 0 atom stereocenters. The maximum absolute atomic E-state index is 12.1. The summed E-state index contributed by atoms with van der Waals surface area (Å²) in [6.45, 7) is 0.438. The molecule has 3 rings (SSSR count). The summed E-state index contributed by atoms with van der Waals surface area (Å²) in [6.07, 6.45) is 4.46. The fourth-order valence-electron chi connectivity index (χ4n) is 2.28. The van der Waals surface area contributed by atoms with Gasteiger partial charge in [-0.15, -0.1) is 0 Å². The molecule has 6 nitrogen and oxygen atoms in total. The third kappa shape index (κ3) is 3.79. The highest BCUT2D eigenvalue weighted by Crippen LogP contribution is 2.11. The van der Waals surface area contributed by atoms with Gasteiger partial charge in [0.1, 0.15) is 0 Å². The van der Waals surface area contributed by atoms with Crippen molar-refractivity contribution in [2.45, 2.75) is 19.4 Å². The molecule has 0 saturated heterocycles. The van der Waals surface area contributed by atoms with Crippen LogP contribution in [0.5, 0.6) is 0 Å². The predicted molar refractivity (Wildman–Crippen MR) is 85.8 cm³/mol. The number of pyridine rings is 1. The molecule has 0 aliphatic carbocycles. The Morgan fingerprint density at radius 1 is 1.17 bits per heavy atom. The van der Waals surface area contributed by atoms with Gasteiger partial charge in [-0.2, -0.15) is 5.10 Å². The number of rotatable bonds is 4. The van der Waals surface area contributed by atoms with Gasteiger partial charge >= 0.3 is 0 Å². The zero-order chi connectivity index (χ0) is 16.1. The number of hydrazone groups is 1. The summed E-state index contributed by atoms with van der Waals surface area (Å²) in [6, 6.07) is 10.9. The zero-order valence-electron chi connectivity index (χ0n) is 12.5. The van der Waals surface area contributed by atoms with Gasteiger partial charge in [0.25, 0.3) is 5.91 Å². The van der Waals surface area contributed by atoms with Crippen LogP contribution in [-0.2, 0) is 11.3 Å². The fraction of sp³-hybridized carbons (Fsp3) is 0.176. The highest BCUT2D eigenvalue weighted by atomic mass is 16.2. The normalized spacial score (nSPS) is 13.9. The van der Waals surface area contributed by atoms with Gasteiger partial charge < -0.3 is 5.32 Å². The number of aromatic nitrogens is 1. The predicted octanol–water partition coefficient (Wildman–Crippen LogP) is 1.63. The van der Waals surface area contributed by atoms with Gasteiger partial charge in [-0.3, -0.25) is 14.6 Å². The quantitative estimate of drug-likeness (QED) is 0.900. The first kappa shape index (κ1) is 14.9. The lowest BCUT2D eigenvalue weighted by molar-refractivity contribution is -0.121. The smallest absolute Gasteiger partial charge is 0.251 e. The van der Waals surface area contributed by atoms with Gasteiger partial charge in [0, 0.05) is 37.3 Å². The maximum Gasteiger partial charge on any atom is 0.251 e. The molecule has 2 heterocycles. The molecule has 0 radical (unpaired) electrons. The van der Waals surface area contributed by atoms with Crippen molar-refractivity contribution in [2.75, 3.05) is 0 Å². The third-order valence-corrected chi connectivity index (χ3v) is 3.56. The van der Waals surface area contributed by atoms with Crippen molar-refractivity contribution in [2.24, 2.45) is 5.10 Å². The Kier molecular flexibility index (Phi) is 4.42. The lowest BCUT2D eigenvalue weighted by atomic mass is 10.0. The largest absolute Gasteiger partial charge is 0.348 e. The molecular weight excluding hydrogens is 292 g/mol. The van der Waals surface area contributed by atoms with Crippen molar-refractivity contribution >= 4 is 17.5 Å². The van der Waals surface area contributed by atoms with E-state index in [1.54, 1.807) is 24.5 Å². The van der Waals surface area contributed by atoms with Crippen LogP contribution in [-0.4, -0.2) is 22.5 Å². The number of carbonyl (C=O) groups excluding carboxylic acids is 2. The highest BCUT2D eigenvalue weighted by molar-refractivity contribution is 6.04. The second kappa shape index (κ2) is 6.83. The monoisotopic (exact) mass is 308 g/mol. The van der Waals surface area contributed by atoms with E-state index in [2.05, 4.69) is 20.8 Å². The Bertz CT molecular complexity index is 739. The van der Waals surface area contributed by atoms with Gasteiger partial charge in [0.05, 0.1) is 5.71 Å². The van der Waals surface area contributed by atoms with Crippen molar-refractivity contribution in [1.29, 1.82) is 0 Å². The average molecular weight is 308 g/mol. The van der Waals surface area contributed by atoms with E-state index in [1.807, 2.05) is 24.3 Å². The Balaban J connectivity index is 1.62. The average Bonchev–Trinajstić information content (AvgIpc) is 2.61. The first-order valence-electron chi connectivity index (χ1n) is 7.35. The Hall–Kier alpha value is -3.02. The van der Waals surface area contributed by atoms with Crippen LogP contribution in [0.15, 0.2) is 53.9 Å². The second-order valence-corrected chi connectivity index (χ2v) is 5.21. The molecule has 0 unspecified atom stereocenters. The summed E-state index contributed by atoms with van der Waals surface area (Å²) in [4.78, 5) is 27.2. The molecule has 116 valence electrons. The molecule has 0 spiro atoms. The van der Waals surface area contributed by atoms with Crippen LogP contribution >= 0.6 is 0 Å². The van der Waals surface area contributed by atoms with E-state index in [1.165, 1.54) is 0 Å². The van der Waals surface area contributed by atoms with Crippen LogP contribution in [0.3, 0.4) is 0 Å². The van der Waals surface area contributed by atoms with E-state index in [0.717, 1.165) is 16.8 Å². The minimum absolute atomic E-state index is 0.0693. The minimum atomic E-state index is -0.140. The summed E-state index contributed by atoms with van der Waals surface area (Å²) in [5, 5.41) is 6.89.